The summed E-state index contributed by atoms with van der Waals surface area (Å²) < 4.78 is 2.15. The number of aryl methyl sites for hydroxylation is 2. The summed E-state index contributed by atoms with van der Waals surface area (Å²) >= 11 is 0. The summed E-state index contributed by atoms with van der Waals surface area (Å²) in [6.07, 6.45) is 4.36. The van der Waals surface area contributed by atoms with E-state index in [2.05, 4.69) is 28.7 Å². The van der Waals surface area contributed by atoms with Gasteiger partial charge in [-0.25, -0.2) is 4.98 Å². The van der Waals surface area contributed by atoms with Crippen LogP contribution in [-0.2, 0) is 22.6 Å². The number of hydrogen-bond donors (Lipinski definition) is 1. The second kappa shape index (κ2) is 6.34. The van der Waals surface area contributed by atoms with Gasteiger partial charge in [0.15, 0.2) is 0 Å². The van der Waals surface area contributed by atoms with E-state index in [4.69, 9.17) is 0 Å². The van der Waals surface area contributed by atoms with Crippen molar-refractivity contribution in [3.05, 3.63) is 17.7 Å². The third kappa shape index (κ3) is 3.12. The van der Waals surface area contributed by atoms with Gasteiger partial charge in [-0.05, 0) is 32.1 Å². The lowest BCUT2D eigenvalue weighted by Gasteiger charge is -2.39. The number of carbonyl (C=O) groups excluding carboxylic acids is 2. The third-order valence-electron chi connectivity index (χ3n) is 4.95. The Balaban J connectivity index is 1.76. The van der Waals surface area contributed by atoms with Gasteiger partial charge in [0.1, 0.15) is 11.9 Å². The molecule has 1 aromatic rings. The lowest BCUT2D eigenvalue weighted by molar-refractivity contribution is -0.147. The standard InChI is InChI=1S/C17H26N4O2/c1-11(2)8-15-16(22)18-6-7-20(15)17(23)13-4-5-14-9-19-12(3)21(14)10-13/h9,11,13,15H,4-8,10H2,1-3H3,(H,18,22). The van der Waals surface area contributed by atoms with Gasteiger partial charge < -0.3 is 14.8 Å². The average molecular weight is 318 g/mol. The van der Waals surface area contributed by atoms with Crippen LogP contribution in [0.2, 0.25) is 0 Å². The molecule has 2 aliphatic rings. The molecule has 0 bridgehead atoms. The Labute approximate surface area is 137 Å². The highest BCUT2D eigenvalue weighted by molar-refractivity contribution is 5.89. The molecule has 1 fully saturated rings. The molecule has 2 amide bonds. The van der Waals surface area contributed by atoms with Crippen molar-refractivity contribution in [3.63, 3.8) is 0 Å². The molecule has 126 valence electrons. The van der Waals surface area contributed by atoms with E-state index >= 15 is 0 Å². The van der Waals surface area contributed by atoms with E-state index in [-0.39, 0.29) is 23.8 Å². The van der Waals surface area contributed by atoms with Crippen LogP contribution in [0.1, 0.15) is 38.2 Å². The van der Waals surface area contributed by atoms with E-state index in [9.17, 15) is 9.59 Å². The maximum Gasteiger partial charge on any atom is 0.242 e. The highest BCUT2D eigenvalue weighted by Gasteiger charge is 2.37. The van der Waals surface area contributed by atoms with Crippen molar-refractivity contribution in [1.29, 1.82) is 0 Å². The first kappa shape index (κ1) is 16.0. The Morgan fingerprint density at radius 1 is 1.48 bits per heavy atom. The molecule has 6 nitrogen and oxygen atoms in total. The Hall–Kier alpha value is -1.85. The van der Waals surface area contributed by atoms with E-state index < -0.39 is 0 Å². The minimum atomic E-state index is -0.318. The number of amides is 2. The van der Waals surface area contributed by atoms with E-state index in [1.165, 1.54) is 5.69 Å². The molecule has 3 rings (SSSR count). The number of carbonyl (C=O) groups is 2. The zero-order valence-corrected chi connectivity index (χ0v) is 14.2. The van der Waals surface area contributed by atoms with Gasteiger partial charge in [0.2, 0.25) is 11.8 Å². The molecule has 0 spiro atoms. The van der Waals surface area contributed by atoms with Crippen molar-refractivity contribution in [2.24, 2.45) is 11.8 Å². The number of aromatic nitrogens is 2. The summed E-state index contributed by atoms with van der Waals surface area (Å²) in [4.78, 5) is 31.4. The van der Waals surface area contributed by atoms with Crippen LogP contribution in [0.4, 0.5) is 0 Å². The van der Waals surface area contributed by atoms with Gasteiger partial charge in [0, 0.05) is 31.5 Å². The van der Waals surface area contributed by atoms with Crippen molar-refractivity contribution in [2.75, 3.05) is 13.1 Å². The van der Waals surface area contributed by atoms with Gasteiger partial charge >= 0.3 is 0 Å². The first-order valence-electron chi connectivity index (χ1n) is 8.56. The average Bonchev–Trinajstić information content (AvgIpc) is 2.89. The molecule has 1 aromatic heterocycles. The van der Waals surface area contributed by atoms with Gasteiger partial charge in [0.05, 0.1) is 5.92 Å². The molecular weight excluding hydrogens is 292 g/mol. The topological polar surface area (TPSA) is 67.2 Å². The molecule has 0 aromatic carbocycles. The second-order valence-electron chi connectivity index (χ2n) is 7.11. The summed E-state index contributed by atoms with van der Waals surface area (Å²) in [7, 11) is 0. The van der Waals surface area contributed by atoms with Crippen molar-refractivity contribution in [1.82, 2.24) is 19.8 Å². The molecule has 2 unspecified atom stereocenters. The van der Waals surface area contributed by atoms with Crippen LogP contribution in [0.5, 0.6) is 0 Å². The van der Waals surface area contributed by atoms with Crippen molar-refractivity contribution in [3.8, 4) is 0 Å². The molecule has 0 aliphatic carbocycles. The number of nitrogens with one attached hydrogen (secondary N) is 1. The Morgan fingerprint density at radius 2 is 2.26 bits per heavy atom. The lowest BCUT2D eigenvalue weighted by Crippen LogP contribution is -2.59. The molecule has 6 heteroatoms. The van der Waals surface area contributed by atoms with Gasteiger partial charge in [-0.2, -0.15) is 0 Å². The predicted octanol–water partition coefficient (Wildman–Crippen LogP) is 1.13. The SMILES string of the molecule is Cc1ncc2n1CC(C(=O)N1CCNC(=O)C1CC(C)C)CC2. The zero-order chi connectivity index (χ0) is 16.6. The number of fused-ring (bicyclic) bond motifs is 1. The van der Waals surface area contributed by atoms with E-state index in [1.807, 2.05) is 18.0 Å². The van der Waals surface area contributed by atoms with E-state index in [0.717, 1.165) is 25.1 Å². The zero-order valence-electron chi connectivity index (χ0n) is 14.2. The summed E-state index contributed by atoms with van der Waals surface area (Å²) in [5.74, 6) is 1.43. The Bertz CT molecular complexity index is 608. The molecule has 0 radical (unpaired) electrons. The largest absolute Gasteiger partial charge is 0.353 e. The number of rotatable bonds is 3. The van der Waals surface area contributed by atoms with Crippen molar-refractivity contribution < 1.29 is 9.59 Å². The monoisotopic (exact) mass is 318 g/mol. The van der Waals surface area contributed by atoms with Gasteiger partial charge in [0.25, 0.3) is 0 Å². The summed E-state index contributed by atoms with van der Waals surface area (Å²) in [5, 5.41) is 2.90. The molecule has 23 heavy (non-hydrogen) atoms. The second-order valence-corrected chi connectivity index (χ2v) is 7.11. The van der Waals surface area contributed by atoms with E-state index in [1.54, 1.807) is 0 Å². The molecule has 1 saturated heterocycles. The molecule has 2 atom stereocenters. The Kier molecular flexibility index (Phi) is 4.41. The van der Waals surface area contributed by atoms with E-state index in [0.29, 0.717) is 25.6 Å². The minimum absolute atomic E-state index is 0.00592. The third-order valence-corrected chi connectivity index (χ3v) is 4.95. The molecule has 2 aliphatic heterocycles. The summed E-state index contributed by atoms with van der Waals surface area (Å²) in [6.45, 7) is 8.02. The van der Waals surface area contributed by atoms with Crippen LogP contribution in [0.15, 0.2) is 6.20 Å². The van der Waals surface area contributed by atoms with Gasteiger partial charge in [-0.15, -0.1) is 0 Å². The van der Waals surface area contributed by atoms with Gasteiger partial charge in [-0.1, -0.05) is 13.8 Å². The molecular formula is C17H26N4O2. The minimum Gasteiger partial charge on any atom is -0.353 e. The van der Waals surface area contributed by atoms with Crippen LogP contribution >= 0.6 is 0 Å². The fraction of sp³-hybridized carbons (Fsp3) is 0.706. The van der Waals surface area contributed by atoms with Crippen LogP contribution < -0.4 is 5.32 Å². The fourth-order valence-electron chi connectivity index (χ4n) is 3.69. The van der Waals surface area contributed by atoms with Crippen LogP contribution in [0, 0.1) is 18.8 Å². The number of piperazine rings is 1. The summed E-state index contributed by atoms with van der Waals surface area (Å²) in [6, 6.07) is -0.318. The number of nitrogens with zero attached hydrogens (tertiary/aromatic N) is 3. The quantitative estimate of drug-likeness (QED) is 0.908. The first-order valence-corrected chi connectivity index (χ1v) is 8.56. The van der Waals surface area contributed by atoms with Crippen molar-refractivity contribution in [2.45, 2.75) is 52.6 Å². The molecule has 3 heterocycles. The molecule has 0 saturated carbocycles. The smallest absolute Gasteiger partial charge is 0.242 e. The number of imidazole rings is 1. The Morgan fingerprint density at radius 3 is 3.00 bits per heavy atom. The first-order chi connectivity index (χ1) is 11.0. The highest BCUT2D eigenvalue weighted by Crippen LogP contribution is 2.25. The molecule has 1 N–H and O–H groups in total. The van der Waals surface area contributed by atoms with Crippen LogP contribution in [0.25, 0.3) is 0 Å². The van der Waals surface area contributed by atoms with Crippen LogP contribution in [-0.4, -0.2) is 45.4 Å². The summed E-state index contributed by atoms with van der Waals surface area (Å²) in [5.41, 5.74) is 1.21. The lowest BCUT2D eigenvalue weighted by atomic mass is 9.93. The van der Waals surface area contributed by atoms with Crippen LogP contribution in [0.3, 0.4) is 0 Å². The predicted molar refractivity (Wildman–Crippen MR) is 86.7 cm³/mol. The normalized spacial score (nSPS) is 24.5. The maximum atomic E-state index is 13.0. The van der Waals surface area contributed by atoms with Gasteiger partial charge in [-0.3, -0.25) is 9.59 Å². The van der Waals surface area contributed by atoms with Crippen molar-refractivity contribution >= 4 is 11.8 Å². The maximum absolute atomic E-state index is 13.0. The number of hydrogen-bond acceptors (Lipinski definition) is 3. The highest BCUT2D eigenvalue weighted by atomic mass is 16.2. The fourth-order valence-corrected chi connectivity index (χ4v) is 3.69.